The second-order valence-corrected chi connectivity index (χ2v) is 4.33. The minimum Gasteiger partial charge on any atom is -0.504 e. The smallest absolute Gasteiger partial charge is 0.161 e. The van der Waals surface area contributed by atoms with E-state index >= 15 is 0 Å². The van der Waals surface area contributed by atoms with Crippen molar-refractivity contribution in [1.29, 1.82) is 5.26 Å². The number of nitriles is 1. The van der Waals surface area contributed by atoms with Crippen molar-refractivity contribution < 1.29 is 14.6 Å². The number of methoxy groups -OCH3 is 2. The van der Waals surface area contributed by atoms with Crippen LogP contribution in [-0.2, 0) is 0 Å². The number of hydrogen-bond acceptors (Lipinski definition) is 4. The van der Waals surface area contributed by atoms with Gasteiger partial charge >= 0.3 is 0 Å². The fourth-order valence-electron chi connectivity index (χ4n) is 1.90. The standard InChI is InChI=1S/C17H15NO3/c1-20-15-6-4-13(5-7-15)14(11-18)9-12-3-8-16(19)17(10-12)21-2/h3-10,19H,1-2H3/b14-9+. The van der Waals surface area contributed by atoms with Crippen molar-refractivity contribution in [2.24, 2.45) is 0 Å². The molecule has 0 aliphatic heterocycles. The molecule has 0 saturated carbocycles. The molecular weight excluding hydrogens is 266 g/mol. The highest BCUT2D eigenvalue weighted by atomic mass is 16.5. The van der Waals surface area contributed by atoms with Crippen LogP contribution in [0, 0.1) is 11.3 Å². The molecule has 0 heterocycles. The highest BCUT2D eigenvalue weighted by Crippen LogP contribution is 2.28. The van der Waals surface area contributed by atoms with E-state index in [9.17, 15) is 10.4 Å². The van der Waals surface area contributed by atoms with Gasteiger partial charge in [0, 0.05) is 0 Å². The van der Waals surface area contributed by atoms with Gasteiger partial charge in [-0.25, -0.2) is 0 Å². The Kier molecular flexibility index (Phi) is 4.47. The molecule has 4 nitrogen and oxygen atoms in total. The fourth-order valence-corrected chi connectivity index (χ4v) is 1.90. The van der Waals surface area contributed by atoms with Crippen LogP contribution in [0.25, 0.3) is 11.6 Å². The van der Waals surface area contributed by atoms with Crippen molar-refractivity contribution >= 4 is 11.6 Å². The maximum atomic E-state index is 9.58. The third-order valence-electron chi connectivity index (χ3n) is 3.04. The van der Waals surface area contributed by atoms with Crippen LogP contribution in [0.2, 0.25) is 0 Å². The number of ether oxygens (including phenoxy) is 2. The molecule has 2 rings (SSSR count). The summed E-state index contributed by atoms with van der Waals surface area (Å²) in [5.41, 5.74) is 2.09. The summed E-state index contributed by atoms with van der Waals surface area (Å²) in [7, 11) is 3.08. The molecule has 2 aromatic rings. The van der Waals surface area contributed by atoms with Crippen molar-refractivity contribution in [2.75, 3.05) is 14.2 Å². The summed E-state index contributed by atoms with van der Waals surface area (Å²) in [6.45, 7) is 0. The van der Waals surface area contributed by atoms with Crippen LogP contribution < -0.4 is 9.47 Å². The molecular formula is C17H15NO3. The summed E-state index contributed by atoms with van der Waals surface area (Å²) in [5.74, 6) is 1.18. The molecule has 0 fully saturated rings. The van der Waals surface area contributed by atoms with Gasteiger partial charge in [-0.15, -0.1) is 0 Å². The SMILES string of the molecule is COc1ccc(/C(C#N)=C/c2ccc(O)c(OC)c2)cc1. The van der Waals surface area contributed by atoms with E-state index in [0.29, 0.717) is 11.3 Å². The van der Waals surface area contributed by atoms with Gasteiger partial charge in [-0.1, -0.05) is 6.07 Å². The number of phenolic OH excluding ortho intramolecular Hbond substituents is 1. The van der Waals surface area contributed by atoms with E-state index in [0.717, 1.165) is 16.9 Å². The van der Waals surface area contributed by atoms with Gasteiger partial charge in [-0.05, 0) is 53.6 Å². The highest BCUT2D eigenvalue weighted by molar-refractivity contribution is 5.89. The molecule has 4 heteroatoms. The predicted octanol–water partition coefficient (Wildman–Crippen LogP) is 3.47. The van der Waals surface area contributed by atoms with Crippen molar-refractivity contribution in [2.45, 2.75) is 0 Å². The van der Waals surface area contributed by atoms with E-state index in [1.807, 2.05) is 12.1 Å². The maximum Gasteiger partial charge on any atom is 0.161 e. The molecule has 1 N–H and O–H groups in total. The normalized spacial score (nSPS) is 10.8. The van der Waals surface area contributed by atoms with E-state index in [1.165, 1.54) is 13.2 Å². The Hall–Kier alpha value is -2.93. The molecule has 0 amide bonds. The number of nitrogens with zero attached hydrogens (tertiary/aromatic N) is 1. The van der Waals surface area contributed by atoms with Crippen LogP contribution >= 0.6 is 0 Å². The second-order valence-electron chi connectivity index (χ2n) is 4.33. The third-order valence-corrected chi connectivity index (χ3v) is 3.04. The Morgan fingerprint density at radius 2 is 1.81 bits per heavy atom. The molecule has 0 spiro atoms. The fraction of sp³-hybridized carbons (Fsp3) is 0.118. The molecule has 0 aliphatic rings. The summed E-state index contributed by atoms with van der Waals surface area (Å²) < 4.78 is 10.2. The Morgan fingerprint density at radius 3 is 2.38 bits per heavy atom. The van der Waals surface area contributed by atoms with Crippen molar-refractivity contribution in [3.63, 3.8) is 0 Å². The zero-order valence-electron chi connectivity index (χ0n) is 11.8. The summed E-state index contributed by atoms with van der Waals surface area (Å²) >= 11 is 0. The van der Waals surface area contributed by atoms with Gasteiger partial charge < -0.3 is 14.6 Å². The van der Waals surface area contributed by atoms with E-state index in [1.54, 1.807) is 37.5 Å². The van der Waals surface area contributed by atoms with Gasteiger partial charge in [0.1, 0.15) is 5.75 Å². The van der Waals surface area contributed by atoms with Crippen molar-refractivity contribution in [1.82, 2.24) is 0 Å². The monoisotopic (exact) mass is 281 g/mol. The number of benzene rings is 2. The Morgan fingerprint density at radius 1 is 1.10 bits per heavy atom. The quantitative estimate of drug-likeness (QED) is 0.688. The third kappa shape index (κ3) is 3.34. The first-order chi connectivity index (χ1) is 10.2. The number of aromatic hydroxyl groups is 1. The molecule has 2 aromatic carbocycles. The number of allylic oxidation sites excluding steroid dienone is 1. The average molecular weight is 281 g/mol. The van der Waals surface area contributed by atoms with Gasteiger partial charge in [0.25, 0.3) is 0 Å². The summed E-state index contributed by atoms with van der Waals surface area (Å²) in [4.78, 5) is 0. The lowest BCUT2D eigenvalue weighted by Gasteiger charge is -2.05. The van der Waals surface area contributed by atoms with Crippen LogP contribution in [0.3, 0.4) is 0 Å². The highest BCUT2D eigenvalue weighted by Gasteiger charge is 2.05. The molecule has 0 saturated heterocycles. The average Bonchev–Trinajstić information content (AvgIpc) is 2.54. The Labute approximate surface area is 123 Å². The predicted molar refractivity (Wildman–Crippen MR) is 81.1 cm³/mol. The maximum absolute atomic E-state index is 9.58. The summed E-state index contributed by atoms with van der Waals surface area (Å²) in [6.07, 6.45) is 1.74. The molecule has 0 aromatic heterocycles. The number of phenols is 1. The lowest BCUT2D eigenvalue weighted by atomic mass is 10.0. The molecule has 0 radical (unpaired) electrons. The number of rotatable bonds is 4. The van der Waals surface area contributed by atoms with E-state index < -0.39 is 0 Å². The minimum absolute atomic E-state index is 0.0672. The van der Waals surface area contributed by atoms with Crippen LogP contribution in [0.15, 0.2) is 42.5 Å². The molecule has 21 heavy (non-hydrogen) atoms. The van der Waals surface area contributed by atoms with Crippen LogP contribution in [0.1, 0.15) is 11.1 Å². The molecule has 0 atom stereocenters. The zero-order chi connectivity index (χ0) is 15.2. The van der Waals surface area contributed by atoms with Crippen LogP contribution in [0.5, 0.6) is 17.2 Å². The first-order valence-corrected chi connectivity index (χ1v) is 6.31. The Bertz CT molecular complexity index is 697. The van der Waals surface area contributed by atoms with Crippen molar-refractivity contribution in [3.8, 4) is 23.3 Å². The first kappa shape index (κ1) is 14.5. The van der Waals surface area contributed by atoms with Gasteiger partial charge in [-0.3, -0.25) is 0 Å². The van der Waals surface area contributed by atoms with Gasteiger partial charge in [-0.2, -0.15) is 5.26 Å². The summed E-state index contributed by atoms with van der Waals surface area (Å²) in [5, 5.41) is 18.9. The zero-order valence-corrected chi connectivity index (χ0v) is 11.8. The molecule has 0 aliphatic carbocycles. The second kappa shape index (κ2) is 6.49. The molecule has 0 bridgehead atoms. The minimum atomic E-state index is 0.0672. The lowest BCUT2D eigenvalue weighted by Crippen LogP contribution is -1.87. The van der Waals surface area contributed by atoms with Crippen LogP contribution in [-0.4, -0.2) is 19.3 Å². The summed E-state index contributed by atoms with van der Waals surface area (Å²) in [6, 6.07) is 14.4. The van der Waals surface area contributed by atoms with Crippen molar-refractivity contribution in [3.05, 3.63) is 53.6 Å². The van der Waals surface area contributed by atoms with Gasteiger partial charge in [0.2, 0.25) is 0 Å². The van der Waals surface area contributed by atoms with Gasteiger partial charge in [0.05, 0.1) is 25.9 Å². The molecule has 106 valence electrons. The van der Waals surface area contributed by atoms with E-state index in [2.05, 4.69) is 6.07 Å². The Balaban J connectivity index is 2.38. The lowest BCUT2D eigenvalue weighted by molar-refractivity contribution is 0.373. The van der Waals surface area contributed by atoms with E-state index in [-0.39, 0.29) is 5.75 Å². The number of hydrogen-bond donors (Lipinski definition) is 1. The van der Waals surface area contributed by atoms with Gasteiger partial charge in [0.15, 0.2) is 11.5 Å². The largest absolute Gasteiger partial charge is 0.504 e. The first-order valence-electron chi connectivity index (χ1n) is 6.31. The molecule has 0 unspecified atom stereocenters. The van der Waals surface area contributed by atoms with E-state index in [4.69, 9.17) is 9.47 Å². The van der Waals surface area contributed by atoms with Crippen LogP contribution in [0.4, 0.5) is 0 Å². The topological polar surface area (TPSA) is 62.5 Å².